The van der Waals surface area contributed by atoms with Crippen molar-refractivity contribution in [2.45, 2.75) is 32.7 Å². The maximum Gasteiger partial charge on any atom is 0.293 e. The summed E-state index contributed by atoms with van der Waals surface area (Å²) in [5, 5.41) is 13.0. The standard InChI is InChI=1S/C8H12N2S.C3H6O2/c1-6(5-9)8(11-2)10-7-3-4-7;1-2-5-3-4/h7,10H,3-4H2,1-2H3;3H,2H2,1H3/b8-6+;. The third-order valence-corrected chi connectivity index (χ3v) is 2.69. The van der Waals surface area contributed by atoms with E-state index in [1.54, 1.807) is 18.7 Å². The van der Waals surface area contributed by atoms with E-state index in [1.807, 2.05) is 13.2 Å². The first-order chi connectivity index (χ1) is 7.69. The molecular weight excluding hydrogens is 224 g/mol. The molecule has 0 bridgehead atoms. The maximum absolute atomic E-state index is 9.18. The second-order valence-electron chi connectivity index (χ2n) is 3.24. The minimum Gasteiger partial charge on any atom is -0.468 e. The van der Waals surface area contributed by atoms with Crippen molar-refractivity contribution in [2.24, 2.45) is 0 Å². The van der Waals surface area contributed by atoms with E-state index >= 15 is 0 Å². The number of nitrogens with zero attached hydrogens (tertiary/aromatic N) is 1. The topological polar surface area (TPSA) is 62.1 Å². The zero-order chi connectivity index (χ0) is 12.4. The van der Waals surface area contributed by atoms with Crippen LogP contribution in [0.15, 0.2) is 10.6 Å². The molecule has 0 aliphatic heterocycles. The first-order valence-electron chi connectivity index (χ1n) is 5.16. The number of rotatable bonds is 5. The number of nitrogens with one attached hydrogen (secondary N) is 1. The maximum atomic E-state index is 9.18. The van der Waals surface area contributed by atoms with Crippen LogP contribution in [-0.4, -0.2) is 25.4 Å². The molecule has 90 valence electrons. The minimum absolute atomic E-state index is 0.431. The monoisotopic (exact) mass is 242 g/mol. The molecule has 0 spiro atoms. The predicted octanol–water partition coefficient (Wildman–Crippen LogP) is 2.04. The largest absolute Gasteiger partial charge is 0.468 e. The molecule has 16 heavy (non-hydrogen) atoms. The van der Waals surface area contributed by atoms with Gasteiger partial charge in [0.25, 0.3) is 6.47 Å². The highest BCUT2D eigenvalue weighted by molar-refractivity contribution is 8.02. The van der Waals surface area contributed by atoms with Gasteiger partial charge >= 0.3 is 0 Å². The normalized spacial score (nSPS) is 14.9. The van der Waals surface area contributed by atoms with Crippen LogP contribution in [0.2, 0.25) is 0 Å². The zero-order valence-electron chi connectivity index (χ0n) is 9.95. The lowest BCUT2D eigenvalue weighted by Gasteiger charge is -2.06. The van der Waals surface area contributed by atoms with Gasteiger partial charge in [-0.1, -0.05) is 0 Å². The highest BCUT2D eigenvalue weighted by atomic mass is 32.2. The van der Waals surface area contributed by atoms with Crippen molar-refractivity contribution >= 4 is 18.2 Å². The number of thioether (sulfide) groups is 1. The van der Waals surface area contributed by atoms with Gasteiger partial charge in [-0.2, -0.15) is 5.26 Å². The average Bonchev–Trinajstić information content (AvgIpc) is 3.10. The number of nitriles is 1. The minimum atomic E-state index is 0.431. The summed E-state index contributed by atoms with van der Waals surface area (Å²) in [6.45, 7) is 4.51. The summed E-state index contributed by atoms with van der Waals surface area (Å²) in [5.41, 5.74) is 0.796. The Morgan fingerprint density at radius 3 is 2.56 bits per heavy atom. The van der Waals surface area contributed by atoms with Crippen LogP contribution in [0.3, 0.4) is 0 Å². The number of allylic oxidation sites excluding steroid dienone is 1. The van der Waals surface area contributed by atoms with Crippen molar-refractivity contribution in [1.29, 1.82) is 5.26 Å². The van der Waals surface area contributed by atoms with E-state index in [1.165, 1.54) is 12.8 Å². The quantitative estimate of drug-likeness (QED) is 0.590. The highest BCUT2D eigenvalue weighted by Gasteiger charge is 2.22. The van der Waals surface area contributed by atoms with Gasteiger partial charge in [-0.25, -0.2) is 0 Å². The molecule has 1 aliphatic rings. The molecule has 0 atom stereocenters. The van der Waals surface area contributed by atoms with Gasteiger partial charge in [-0.05, 0) is 32.9 Å². The van der Waals surface area contributed by atoms with E-state index in [4.69, 9.17) is 5.26 Å². The number of hydrogen-bond donors (Lipinski definition) is 1. The number of ether oxygens (including phenoxy) is 1. The Bertz CT molecular complexity index is 280. The third kappa shape index (κ3) is 7.18. The van der Waals surface area contributed by atoms with E-state index in [0.29, 0.717) is 19.1 Å². The molecule has 4 nitrogen and oxygen atoms in total. The van der Waals surface area contributed by atoms with Crippen molar-refractivity contribution in [3.05, 3.63) is 10.6 Å². The fraction of sp³-hybridized carbons (Fsp3) is 0.636. The van der Waals surface area contributed by atoms with E-state index in [-0.39, 0.29) is 0 Å². The fourth-order valence-electron chi connectivity index (χ4n) is 0.852. The molecule has 1 aliphatic carbocycles. The molecule has 1 saturated carbocycles. The summed E-state index contributed by atoms with van der Waals surface area (Å²) in [6.07, 6.45) is 4.50. The summed E-state index contributed by atoms with van der Waals surface area (Å²) in [7, 11) is 0. The summed E-state index contributed by atoms with van der Waals surface area (Å²) < 4.78 is 4.15. The van der Waals surface area contributed by atoms with Crippen LogP contribution >= 0.6 is 11.8 Å². The third-order valence-electron chi connectivity index (χ3n) is 1.86. The van der Waals surface area contributed by atoms with E-state index in [9.17, 15) is 4.79 Å². The number of carbonyl (C=O) groups excluding carboxylic acids is 1. The van der Waals surface area contributed by atoms with Crippen molar-refractivity contribution in [3.8, 4) is 6.07 Å². The second-order valence-corrected chi connectivity index (χ2v) is 4.06. The SMILES string of the molecule is CCOC=O.CS/C(NC1CC1)=C(\C)C#N. The lowest BCUT2D eigenvalue weighted by atomic mass is 10.4. The van der Waals surface area contributed by atoms with Gasteiger partial charge in [-0.3, -0.25) is 4.79 Å². The van der Waals surface area contributed by atoms with E-state index in [0.717, 1.165) is 10.6 Å². The second kappa shape index (κ2) is 9.10. The lowest BCUT2D eigenvalue weighted by Crippen LogP contribution is -2.14. The Morgan fingerprint density at radius 1 is 1.69 bits per heavy atom. The van der Waals surface area contributed by atoms with Gasteiger partial charge in [0.1, 0.15) is 0 Å². The smallest absolute Gasteiger partial charge is 0.293 e. The molecule has 1 fully saturated rings. The molecular formula is C11H18N2O2S. The summed E-state index contributed by atoms with van der Waals surface area (Å²) >= 11 is 1.62. The molecule has 1 N–H and O–H groups in total. The Labute approximate surface area is 101 Å². The lowest BCUT2D eigenvalue weighted by molar-refractivity contribution is -0.128. The average molecular weight is 242 g/mol. The Morgan fingerprint density at radius 2 is 2.31 bits per heavy atom. The van der Waals surface area contributed by atoms with Crippen LogP contribution in [0.5, 0.6) is 0 Å². The van der Waals surface area contributed by atoms with E-state index < -0.39 is 0 Å². The molecule has 0 unspecified atom stereocenters. The van der Waals surface area contributed by atoms with Crippen LogP contribution in [0.4, 0.5) is 0 Å². The molecule has 5 heteroatoms. The van der Waals surface area contributed by atoms with Gasteiger partial charge in [-0.15, -0.1) is 11.8 Å². The molecule has 0 aromatic carbocycles. The van der Waals surface area contributed by atoms with E-state index in [2.05, 4.69) is 16.1 Å². The molecule has 0 amide bonds. The summed E-state index contributed by atoms with van der Waals surface area (Å²) in [5.74, 6) is 0. The fourth-order valence-corrected chi connectivity index (χ4v) is 1.49. The van der Waals surface area contributed by atoms with Crippen LogP contribution in [-0.2, 0) is 9.53 Å². The molecule has 0 radical (unpaired) electrons. The Balaban J connectivity index is 0.000000385. The van der Waals surface area contributed by atoms with Gasteiger partial charge in [0.05, 0.1) is 23.3 Å². The number of carbonyl (C=O) groups is 1. The van der Waals surface area contributed by atoms with Crippen LogP contribution in [0, 0.1) is 11.3 Å². The Hall–Kier alpha value is -1.15. The number of hydrogen-bond acceptors (Lipinski definition) is 5. The molecule has 0 heterocycles. The van der Waals surface area contributed by atoms with Crippen LogP contribution < -0.4 is 5.32 Å². The molecule has 1 rings (SSSR count). The van der Waals surface area contributed by atoms with Gasteiger partial charge < -0.3 is 10.1 Å². The van der Waals surface area contributed by atoms with Gasteiger partial charge in [0.2, 0.25) is 0 Å². The van der Waals surface area contributed by atoms with Crippen molar-refractivity contribution < 1.29 is 9.53 Å². The molecule has 0 aromatic heterocycles. The zero-order valence-corrected chi connectivity index (χ0v) is 10.8. The highest BCUT2D eigenvalue weighted by Crippen LogP contribution is 2.24. The molecule has 0 aromatic rings. The molecule has 0 saturated heterocycles. The van der Waals surface area contributed by atoms with Crippen LogP contribution in [0.1, 0.15) is 26.7 Å². The van der Waals surface area contributed by atoms with Gasteiger partial charge in [0, 0.05) is 6.04 Å². The summed E-state index contributed by atoms with van der Waals surface area (Å²) in [4.78, 5) is 9.18. The summed E-state index contributed by atoms with van der Waals surface area (Å²) in [6, 6.07) is 2.78. The Kier molecular flexibility index (Phi) is 8.45. The predicted molar refractivity (Wildman–Crippen MR) is 65.7 cm³/mol. The van der Waals surface area contributed by atoms with Crippen molar-refractivity contribution in [1.82, 2.24) is 5.32 Å². The van der Waals surface area contributed by atoms with Crippen molar-refractivity contribution in [3.63, 3.8) is 0 Å². The van der Waals surface area contributed by atoms with Crippen LogP contribution in [0.25, 0.3) is 0 Å². The van der Waals surface area contributed by atoms with Gasteiger partial charge in [0.15, 0.2) is 0 Å². The van der Waals surface area contributed by atoms with Crippen molar-refractivity contribution in [2.75, 3.05) is 12.9 Å². The first-order valence-corrected chi connectivity index (χ1v) is 6.38. The first kappa shape index (κ1) is 14.8.